The van der Waals surface area contributed by atoms with E-state index in [0.717, 1.165) is 0 Å². The maximum absolute atomic E-state index is 12.5. The van der Waals surface area contributed by atoms with Crippen LogP contribution in [0.2, 0.25) is 15.1 Å². The van der Waals surface area contributed by atoms with Gasteiger partial charge in [0.05, 0.1) is 27.0 Å². The van der Waals surface area contributed by atoms with E-state index in [4.69, 9.17) is 34.8 Å². The first-order valence-electron chi connectivity index (χ1n) is 8.60. The van der Waals surface area contributed by atoms with Gasteiger partial charge in [0.1, 0.15) is 0 Å². The van der Waals surface area contributed by atoms with Crippen molar-refractivity contribution in [3.05, 3.63) is 87.4 Å². The second-order valence-electron chi connectivity index (χ2n) is 6.24. The van der Waals surface area contributed by atoms with Crippen molar-refractivity contribution >= 4 is 62.1 Å². The molecule has 0 radical (unpaired) electrons. The van der Waals surface area contributed by atoms with Crippen LogP contribution in [0, 0.1) is 0 Å². The molecule has 3 rings (SSSR count). The lowest BCUT2D eigenvalue weighted by atomic mass is 10.1. The van der Waals surface area contributed by atoms with Crippen molar-refractivity contribution in [3.8, 4) is 0 Å². The molecule has 6 nitrogen and oxygen atoms in total. The van der Waals surface area contributed by atoms with Crippen molar-refractivity contribution in [2.75, 3.05) is 10.1 Å². The molecular weight excluding hydrogens is 469 g/mol. The SMILES string of the molecule is O=C(Cc1ccc(NS(=O)(=O)c2ccc(Cl)c(Cl)c2)cc1)NNc1cccc(Cl)c1. The first kappa shape index (κ1) is 22.2. The first-order valence-corrected chi connectivity index (χ1v) is 11.2. The summed E-state index contributed by atoms with van der Waals surface area (Å²) in [6, 6.07) is 17.4. The van der Waals surface area contributed by atoms with Gasteiger partial charge >= 0.3 is 0 Å². The van der Waals surface area contributed by atoms with Gasteiger partial charge in [-0.05, 0) is 54.1 Å². The van der Waals surface area contributed by atoms with E-state index in [-0.39, 0.29) is 27.3 Å². The highest BCUT2D eigenvalue weighted by Gasteiger charge is 2.16. The Kier molecular flexibility index (Phi) is 7.10. The van der Waals surface area contributed by atoms with E-state index in [1.807, 2.05) is 0 Å². The number of rotatable bonds is 7. The molecule has 0 saturated carbocycles. The van der Waals surface area contributed by atoms with E-state index in [1.165, 1.54) is 18.2 Å². The lowest BCUT2D eigenvalue weighted by Gasteiger charge is -2.11. The fraction of sp³-hybridized carbons (Fsp3) is 0.0500. The number of nitrogens with one attached hydrogen (secondary N) is 3. The molecule has 0 aromatic heterocycles. The number of benzene rings is 3. The monoisotopic (exact) mass is 483 g/mol. The van der Waals surface area contributed by atoms with Crippen LogP contribution < -0.4 is 15.6 Å². The number of amides is 1. The van der Waals surface area contributed by atoms with Crippen molar-refractivity contribution < 1.29 is 13.2 Å². The van der Waals surface area contributed by atoms with Crippen molar-refractivity contribution in [3.63, 3.8) is 0 Å². The lowest BCUT2D eigenvalue weighted by molar-refractivity contribution is -0.119. The van der Waals surface area contributed by atoms with Crippen LogP contribution in [0.25, 0.3) is 0 Å². The van der Waals surface area contributed by atoms with Crippen LogP contribution in [0.1, 0.15) is 5.56 Å². The van der Waals surface area contributed by atoms with E-state index >= 15 is 0 Å². The van der Waals surface area contributed by atoms with Crippen LogP contribution in [-0.2, 0) is 21.2 Å². The third-order valence-electron chi connectivity index (χ3n) is 3.94. The third-order valence-corrected chi connectivity index (χ3v) is 6.30. The zero-order valence-electron chi connectivity index (χ0n) is 15.3. The highest BCUT2D eigenvalue weighted by molar-refractivity contribution is 7.92. The molecule has 0 aliphatic carbocycles. The molecule has 30 heavy (non-hydrogen) atoms. The Hall–Kier alpha value is -2.45. The van der Waals surface area contributed by atoms with Crippen molar-refractivity contribution in [1.82, 2.24) is 5.43 Å². The molecule has 3 aromatic carbocycles. The molecule has 3 N–H and O–H groups in total. The Morgan fingerprint density at radius 3 is 2.23 bits per heavy atom. The molecule has 0 spiro atoms. The van der Waals surface area contributed by atoms with Gasteiger partial charge in [0.15, 0.2) is 0 Å². The second kappa shape index (κ2) is 9.57. The Morgan fingerprint density at radius 2 is 1.57 bits per heavy atom. The summed E-state index contributed by atoms with van der Waals surface area (Å²) < 4.78 is 27.4. The number of hydrogen-bond acceptors (Lipinski definition) is 4. The minimum atomic E-state index is -3.82. The summed E-state index contributed by atoms with van der Waals surface area (Å²) in [5.74, 6) is -0.265. The third kappa shape index (κ3) is 6.03. The Balaban J connectivity index is 1.59. The molecule has 0 aliphatic rings. The van der Waals surface area contributed by atoms with E-state index in [9.17, 15) is 13.2 Å². The van der Waals surface area contributed by atoms with Crippen LogP contribution in [0.5, 0.6) is 0 Å². The maximum atomic E-state index is 12.5. The molecule has 0 fully saturated rings. The van der Waals surface area contributed by atoms with Crippen molar-refractivity contribution in [2.45, 2.75) is 11.3 Å². The number of hydrogen-bond donors (Lipinski definition) is 3. The summed E-state index contributed by atoms with van der Waals surface area (Å²) in [5.41, 5.74) is 7.07. The average Bonchev–Trinajstić information content (AvgIpc) is 2.70. The smallest absolute Gasteiger partial charge is 0.261 e. The zero-order valence-corrected chi connectivity index (χ0v) is 18.4. The number of carbonyl (C=O) groups is 1. The van der Waals surface area contributed by atoms with Crippen LogP contribution >= 0.6 is 34.8 Å². The van der Waals surface area contributed by atoms with E-state index in [2.05, 4.69) is 15.6 Å². The summed E-state index contributed by atoms with van der Waals surface area (Å²) in [6.45, 7) is 0. The van der Waals surface area contributed by atoms with Gasteiger partial charge in [-0.25, -0.2) is 8.42 Å². The molecule has 3 aromatic rings. The van der Waals surface area contributed by atoms with Gasteiger partial charge in [-0.15, -0.1) is 0 Å². The highest BCUT2D eigenvalue weighted by atomic mass is 35.5. The fourth-order valence-corrected chi connectivity index (χ4v) is 4.12. The van der Waals surface area contributed by atoms with Crippen LogP contribution in [-0.4, -0.2) is 14.3 Å². The molecule has 0 aliphatic heterocycles. The Morgan fingerprint density at radius 1 is 0.833 bits per heavy atom. The van der Waals surface area contributed by atoms with Gasteiger partial charge in [-0.2, -0.15) is 0 Å². The highest BCUT2D eigenvalue weighted by Crippen LogP contribution is 2.26. The summed E-state index contributed by atoms with van der Waals surface area (Å²) in [6.07, 6.45) is 0.105. The molecule has 156 valence electrons. The zero-order chi connectivity index (χ0) is 21.7. The predicted octanol–water partition coefficient (Wildman–Crippen LogP) is 5.13. The van der Waals surface area contributed by atoms with Gasteiger partial charge in [-0.3, -0.25) is 20.4 Å². The van der Waals surface area contributed by atoms with Gasteiger partial charge < -0.3 is 0 Å². The number of halogens is 3. The first-order chi connectivity index (χ1) is 14.2. The van der Waals surface area contributed by atoms with Crippen molar-refractivity contribution in [1.29, 1.82) is 0 Å². The van der Waals surface area contributed by atoms with Gasteiger partial charge in [-0.1, -0.05) is 53.0 Å². The Labute approximate surface area is 189 Å². The number of anilines is 2. The van der Waals surface area contributed by atoms with E-state index in [1.54, 1.807) is 48.5 Å². The summed E-state index contributed by atoms with van der Waals surface area (Å²) in [5, 5.41) is 0.962. The molecular formula is C20H16Cl3N3O3S. The normalized spacial score (nSPS) is 11.0. The minimum absolute atomic E-state index is 0.00700. The number of hydrazine groups is 1. The van der Waals surface area contributed by atoms with Gasteiger partial charge in [0, 0.05) is 10.7 Å². The molecule has 1 amide bonds. The molecule has 0 bridgehead atoms. The summed E-state index contributed by atoms with van der Waals surface area (Å²) >= 11 is 17.6. The van der Waals surface area contributed by atoms with E-state index < -0.39 is 10.0 Å². The van der Waals surface area contributed by atoms with Gasteiger partial charge in [0.25, 0.3) is 10.0 Å². The summed E-state index contributed by atoms with van der Waals surface area (Å²) in [7, 11) is -3.82. The van der Waals surface area contributed by atoms with E-state index in [0.29, 0.717) is 22.0 Å². The number of sulfonamides is 1. The lowest BCUT2D eigenvalue weighted by Crippen LogP contribution is -2.30. The average molecular weight is 485 g/mol. The number of carbonyl (C=O) groups excluding carboxylic acids is 1. The molecule has 0 heterocycles. The fourth-order valence-electron chi connectivity index (χ4n) is 2.49. The molecule has 10 heteroatoms. The second-order valence-corrected chi connectivity index (χ2v) is 9.17. The van der Waals surface area contributed by atoms with Gasteiger partial charge in [0.2, 0.25) is 5.91 Å². The molecule has 0 unspecified atom stereocenters. The summed E-state index contributed by atoms with van der Waals surface area (Å²) in [4.78, 5) is 12.1. The molecule has 0 saturated heterocycles. The quantitative estimate of drug-likeness (QED) is 0.406. The maximum Gasteiger partial charge on any atom is 0.261 e. The van der Waals surface area contributed by atoms with Crippen LogP contribution in [0.3, 0.4) is 0 Å². The standard InChI is InChI=1S/C20H16Cl3N3O3S/c21-14-2-1-3-16(11-14)24-25-20(27)10-13-4-6-15(7-5-13)26-30(28,29)17-8-9-18(22)19(23)12-17/h1-9,11-12,24,26H,10H2,(H,25,27). The van der Waals surface area contributed by atoms with Crippen molar-refractivity contribution in [2.24, 2.45) is 0 Å². The van der Waals surface area contributed by atoms with Crippen LogP contribution in [0.4, 0.5) is 11.4 Å². The largest absolute Gasteiger partial charge is 0.299 e. The molecule has 0 atom stereocenters. The minimum Gasteiger partial charge on any atom is -0.299 e. The Bertz CT molecular complexity index is 1170. The topological polar surface area (TPSA) is 87.3 Å². The van der Waals surface area contributed by atoms with Crippen LogP contribution in [0.15, 0.2) is 71.6 Å². The predicted molar refractivity (Wildman–Crippen MR) is 121 cm³/mol.